The van der Waals surface area contributed by atoms with E-state index in [2.05, 4.69) is 15.6 Å². The fourth-order valence-corrected chi connectivity index (χ4v) is 5.35. The Balaban J connectivity index is 1.29. The Morgan fingerprint density at radius 2 is 1.85 bits per heavy atom. The molecule has 3 N–H and O–H groups in total. The first-order valence-electron chi connectivity index (χ1n) is 12.9. The fraction of sp³-hybridized carbons (Fsp3) is 0.267. The van der Waals surface area contributed by atoms with Crippen molar-refractivity contribution in [2.75, 3.05) is 11.1 Å². The second kappa shape index (κ2) is 12.9. The molecule has 3 atom stereocenters. The molecule has 2 heterocycles. The van der Waals surface area contributed by atoms with Crippen LogP contribution in [0, 0.1) is 0 Å². The number of thioether (sulfide) groups is 1. The van der Waals surface area contributed by atoms with E-state index in [4.69, 9.17) is 9.47 Å². The zero-order valence-electron chi connectivity index (χ0n) is 21.7. The van der Waals surface area contributed by atoms with E-state index < -0.39 is 6.29 Å². The van der Waals surface area contributed by atoms with E-state index in [-0.39, 0.29) is 24.8 Å². The summed E-state index contributed by atoms with van der Waals surface area (Å²) in [7, 11) is 1.98. The third-order valence-electron chi connectivity index (χ3n) is 6.50. The van der Waals surface area contributed by atoms with Gasteiger partial charge in [0.05, 0.1) is 18.8 Å². The summed E-state index contributed by atoms with van der Waals surface area (Å²) in [5.74, 6) is 0.718. The molecule has 9 heteroatoms. The van der Waals surface area contributed by atoms with Crippen molar-refractivity contribution in [2.45, 2.75) is 43.2 Å². The molecule has 0 spiro atoms. The fourth-order valence-electron chi connectivity index (χ4n) is 4.40. The second-order valence-corrected chi connectivity index (χ2v) is 10.4. The van der Waals surface area contributed by atoms with Gasteiger partial charge in [-0.15, -0.1) is 0 Å². The number of imidazole rings is 1. The van der Waals surface area contributed by atoms with Crippen LogP contribution >= 0.6 is 11.8 Å². The van der Waals surface area contributed by atoms with Crippen molar-refractivity contribution >= 4 is 23.5 Å². The Bertz CT molecular complexity index is 1360. The maximum absolute atomic E-state index is 12.5. The zero-order valence-corrected chi connectivity index (χ0v) is 22.5. The summed E-state index contributed by atoms with van der Waals surface area (Å²) in [6, 6.07) is 24.9. The highest BCUT2D eigenvalue weighted by atomic mass is 32.2. The molecule has 0 aliphatic carbocycles. The molecule has 1 aliphatic heterocycles. The summed E-state index contributed by atoms with van der Waals surface area (Å²) < 4.78 is 14.9. The average Bonchev–Trinajstić information content (AvgIpc) is 3.40. The van der Waals surface area contributed by atoms with E-state index >= 15 is 0 Å². The molecule has 1 saturated heterocycles. The number of carbonyl (C=O) groups is 1. The Kier molecular flexibility index (Phi) is 8.95. The highest BCUT2D eigenvalue weighted by molar-refractivity contribution is 7.99. The number of urea groups is 1. The minimum Gasteiger partial charge on any atom is -0.392 e. The molecule has 0 radical (unpaired) electrons. The number of carbonyl (C=O) groups excluding carboxylic acids is 1. The van der Waals surface area contributed by atoms with Gasteiger partial charge in [0.25, 0.3) is 0 Å². The van der Waals surface area contributed by atoms with Gasteiger partial charge >= 0.3 is 6.03 Å². The molecule has 0 bridgehead atoms. The van der Waals surface area contributed by atoms with Crippen molar-refractivity contribution in [3.05, 3.63) is 114 Å². The molecule has 8 nitrogen and oxygen atoms in total. The Morgan fingerprint density at radius 1 is 1.03 bits per heavy atom. The predicted octanol–water partition coefficient (Wildman–Crippen LogP) is 5.57. The lowest BCUT2D eigenvalue weighted by Crippen LogP contribution is -2.31. The van der Waals surface area contributed by atoms with Gasteiger partial charge in [-0.05, 0) is 28.8 Å². The largest absolute Gasteiger partial charge is 0.392 e. The van der Waals surface area contributed by atoms with E-state index in [0.29, 0.717) is 18.7 Å². The molecule has 0 saturated carbocycles. The average molecular weight is 545 g/mol. The monoisotopic (exact) mass is 544 g/mol. The van der Waals surface area contributed by atoms with Gasteiger partial charge in [-0.1, -0.05) is 78.5 Å². The van der Waals surface area contributed by atoms with Crippen LogP contribution in [-0.4, -0.2) is 32.5 Å². The van der Waals surface area contributed by atoms with E-state index in [1.54, 1.807) is 18.0 Å². The minimum atomic E-state index is -0.609. The molecule has 202 valence electrons. The first-order chi connectivity index (χ1) is 19.1. The summed E-state index contributed by atoms with van der Waals surface area (Å²) in [6.45, 7) is 0.437. The molecule has 5 rings (SSSR count). The number of aliphatic hydroxyl groups is 1. The summed E-state index contributed by atoms with van der Waals surface area (Å²) in [4.78, 5) is 16.9. The van der Waals surface area contributed by atoms with Crippen LogP contribution in [0.3, 0.4) is 0 Å². The van der Waals surface area contributed by atoms with Gasteiger partial charge in [-0.25, -0.2) is 9.78 Å². The van der Waals surface area contributed by atoms with Crippen molar-refractivity contribution in [1.82, 2.24) is 14.9 Å². The third kappa shape index (κ3) is 7.27. The van der Waals surface area contributed by atoms with E-state index in [9.17, 15) is 9.90 Å². The van der Waals surface area contributed by atoms with Crippen LogP contribution in [0.1, 0.15) is 41.1 Å². The van der Waals surface area contributed by atoms with Crippen LogP contribution in [0.15, 0.2) is 96.4 Å². The number of nitrogens with zero attached hydrogens (tertiary/aromatic N) is 2. The number of aromatic nitrogens is 2. The van der Waals surface area contributed by atoms with Crippen LogP contribution in [0.4, 0.5) is 10.5 Å². The van der Waals surface area contributed by atoms with Crippen LogP contribution in [0.2, 0.25) is 0 Å². The quantitative estimate of drug-likeness (QED) is 0.238. The number of ether oxygens (including phenoxy) is 2. The second-order valence-electron chi connectivity index (χ2n) is 9.40. The number of aryl methyl sites for hydroxylation is 1. The van der Waals surface area contributed by atoms with Crippen LogP contribution in [-0.2, 0) is 29.7 Å². The molecular weight excluding hydrogens is 512 g/mol. The smallest absolute Gasteiger partial charge is 0.319 e. The predicted molar refractivity (Wildman–Crippen MR) is 151 cm³/mol. The first-order valence-corrected chi connectivity index (χ1v) is 13.9. The van der Waals surface area contributed by atoms with Crippen LogP contribution < -0.4 is 10.6 Å². The number of hydrogen-bond donors (Lipinski definition) is 3. The maximum Gasteiger partial charge on any atom is 0.319 e. The molecular formula is C30H32N4O4S. The van der Waals surface area contributed by atoms with Gasteiger partial charge in [0.2, 0.25) is 0 Å². The lowest BCUT2D eigenvalue weighted by Gasteiger charge is -2.36. The zero-order chi connectivity index (χ0) is 27.0. The summed E-state index contributed by atoms with van der Waals surface area (Å²) in [5, 5.41) is 16.2. The number of aliphatic hydroxyl groups excluding tert-OH is 1. The van der Waals surface area contributed by atoms with Crippen molar-refractivity contribution < 1.29 is 19.4 Å². The molecule has 4 aromatic rings. The number of anilines is 1. The molecule has 2 amide bonds. The third-order valence-corrected chi connectivity index (χ3v) is 7.69. The van der Waals surface area contributed by atoms with E-state index in [1.807, 2.05) is 96.7 Å². The van der Waals surface area contributed by atoms with E-state index in [0.717, 1.165) is 33.2 Å². The Morgan fingerprint density at radius 3 is 2.59 bits per heavy atom. The van der Waals surface area contributed by atoms with Gasteiger partial charge in [0.15, 0.2) is 11.4 Å². The summed E-state index contributed by atoms with van der Waals surface area (Å²) in [5.41, 5.74) is 4.38. The highest BCUT2D eigenvalue weighted by Crippen LogP contribution is 2.39. The van der Waals surface area contributed by atoms with Gasteiger partial charge in [-0.2, -0.15) is 0 Å². The van der Waals surface area contributed by atoms with E-state index in [1.165, 1.54) is 0 Å². The lowest BCUT2D eigenvalue weighted by atomic mass is 10.0. The number of rotatable bonds is 9. The lowest BCUT2D eigenvalue weighted by molar-refractivity contribution is -0.245. The molecule has 1 aromatic heterocycles. The standard InChI is InChI=1S/C30H32N4O4S/c1-34-15-14-31-30(34)39-20-26-17-27(23-12-10-22(19-35)11-13-23)38-28(37-26)24-8-5-9-25(16-24)33-29(36)32-18-21-6-3-2-4-7-21/h2-16,26-28,35H,17-20H2,1H3,(H2,32,33,36)/t26-,27+,28+/m1/s1. The van der Waals surface area contributed by atoms with Crippen LogP contribution in [0.25, 0.3) is 0 Å². The number of amides is 2. The van der Waals surface area contributed by atoms with Crippen LogP contribution in [0.5, 0.6) is 0 Å². The maximum atomic E-state index is 12.5. The first kappa shape index (κ1) is 27.0. The molecule has 3 aromatic carbocycles. The van der Waals surface area contributed by atoms with Crippen molar-refractivity contribution in [3.63, 3.8) is 0 Å². The summed E-state index contributed by atoms with van der Waals surface area (Å²) in [6.07, 6.45) is 3.52. The summed E-state index contributed by atoms with van der Waals surface area (Å²) >= 11 is 1.65. The molecule has 1 fully saturated rings. The van der Waals surface area contributed by atoms with Crippen molar-refractivity contribution in [2.24, 2.45) is 7.05 Å². The van der Waals surface area contributed by atoms with Gasteiger partial charge in [-0.3, -0.25) is 0 Å². The topological polar surface area (TPSA) is 97.6 Å². The SMILES string of the molecule is Cn1ccnc1SC[C@H]1C[C@@H](c2ccc(CO)cc2)O[C@@H](c2cccc(NC(=O)NCc3ccccc3)c2)O1. The Labute approximate surface area is 232 Å². The van der Waals surface area contributed by atoms with Gasteiger partial charge in [0.1, 0.15) is 0 Å². The van der Waals surface area contributed by atoms with Crippen molar-refractivity contribution in [3.8, 4) is 0 Å². The number of hydrogen-bond acceptors (Lipinski definition) is 6. The van der Waals surface area contributed by atoms with Crippen molar-refractivity contribution in [1.29, 1.82) is 0 Å². The number of benzene rings is 3. The van der Waals surface area contributed by atoms with Gasteiger partial charge in [0, 0.05) is 49.4 Å². The molecule has 0 unspecified atom stereocenters. The molecule has 39 heavy (non-hydrogen) atoms. The highest BCUT2D eigenvalue weighted by Gasteiger charge is 2.32. The minimum absolute atomic E-state index is 0.000806. The normalized spacial score (nSPS) is 19.0. The van der Waals surface area contributed by atoms with Gasteiger partial charge < -0.3 is 29.8 Å². The number of nitrogens with one attached hydrogen (secondary N) is 2. The molecule has 1 aliphatic rings. The Hall–Kier alpha value is -3.63.